The fraction of sp³-hybridized carbons (Fsp3) is 0.417. The normalized spacial score (nSPS) is 17.2. The van der Waals surface area contributed by atoms with Crippen LogP contribution in [0.3, 0.4) is 0 Å². The van der Waals surface area contributed by atoms with Gasteiger partial charge in [0.05, 0.1) is 0 Å². The Morgan fingerprint density at radius 1 is 1.18 bits per heavy atom. The van der Waals surface area contributed by atoms with Crippen LogP contribution >= 0.6 is 0 Å². The van der Waals surface area contributed by atoms with Crippen molar-refractivity contribution in [2.75, 3.05) is 13.1 Å². The van der Waals surface area contributed by atoms with Crippen molar-refractivity contribution >= 4 is 0 Å². The second-order valence-electron chi connectivity index (χ2n) is 4.24. The topological polar surface area (TPSA) is 55.6 Å². The van der Waals surface area contributed by atoms with Gasteiger partial charge in [0.25, 0.3) is 0 Å². The molecule has 0 aliphatic carbocycles. The van der Waals surface area contributed by atoms with Crippen molar-refractivity contribution in [3.8, 4) is 5.82 Å². The van der Waals surface area contributed by atoms with Gasteiger partial charge in [-0.05, 0) is 38.1 Å². The minimum absolute atomic E-state index is 0.487. The van der Waals surface area contributed by atoms with Crippen LogP contribution in [-0.4, -0.2) is 32.8 Å². The molecule has 1 aliphatic rings. The van der Waals surface area contributed by atoms with Crippen LogP contribution in [0.1, 0.15) is 24.6 Å². The van der Waals surface area contributed by atoms with Crippen molar-refractivity contribution in [1.82, 2.24) is 25.1 Å². The molecule has 0 amide bonds. The van der Waals surface area contributed by atoms with E-state index < -0.39 is 0 Å². The van der Waals surface area contributed by atoms with Gasteiger partial charge in [0.15, 0.2) is 5.82 Å². The Morgan fingerprint density at radius 2 is 2.06 bits per heavy atom. The lowest BCUT2D eigenvalue weighted by atomic mass is 9.97. The summed E-state index contributed by atoms with van der Waals surface area (Å²) in [6.45, 7) is 2.11. The average molecular weight is 229 g/mol. The van der Waals surface area contributed by atoms with Gasteiger partial charge in [-0.15, -0.1) is 0 Å². The lowest BCUT2D eigenvalue weighted by Gasteiger charge is -2.21. The van der Waals surface area contributed by atoms with E-state index in [0.717, 1.165) is 37.6 Å². The quantitative estimate of drug-likeness (QED) is 0.838. The molecule has 0 saturated carbocycles. The Labute approximate surface area is 99.9 Å². The Morgan fingerprint density at radius 3 is 2.82 bits per heavy atom. The first-order valence-corrected chi connectivity index (χ1v) is 5.97. The predicted octanol–water partition coefficient (Wildman–Crippen LogP) is 1.13. The standard InChI is InChI=1S/C12H15N5/c1-2-6-14-11(3-1)17-12(15-9-16-17)10-4-7-13-8-5-10/h1-3,6,9-10,13H,4-5,7-8H2. The molecular weight excluding hydrogens is 214 g/mol. The fourth-order valence-corrected chi connectivity index (χ4v) is 2.26. The number of aromatic nitrogens is 4. The number of rotatable bonds is 2. The third-order valence-corrected chi connectivity index (χ3v) is 3.14. The highest BCUT2D eigenvalue weighted by atomic mass is 15.4. The molecule has 1 fully saturated rings. The van der Waals surface area contributed by atoms with Crippen molar-refractivity contribution in [1.29, 1.82) is 0 Å². The van der Waals surface area contributed by atoms with E-state index >= 15 is 0 Å². The van der Waals surface area contributed by atoms with E-state index in [1.54, 1.807) is 12.5 Å². The molecule has 2 aromatic rings. The third-order valence-electron chi connectivity index (χ3n) is 3.14. The molecular formula is C12H15N5. The SMILES string of the molecule is c1ccc(-n2ncnc2C2CCNCC2)nc1. The van der Waals surface area contributed by atoms with Gasteiger partial charge >= 0.3 is 0 Å². The largest absolute Gasteiger partial charge is 0.317 e. The molecule has 2 aromatic heterocycles. The first kappa shape index (κ1) is 10.4. The van der Waals surface area contributed by atoms with Crippen molar-refractivity contribution in [3.05, 3.63) is 36.5 Å². The summed E-state index contributed by atoms with van der Waals surface area (Å²) < 4.78 is 1.86. The summed E-state index contributed by atoms with van der Waals surface area (Å²) >= 11 is 0. The summed E-state index contributed by atoms with van der Waals surface area (Å²) in [6.07, 6.45) is 5.63. The van der Waals surface area contributed by atoms with Crippen molar-refractivity contribution in [3.63, 3.8) is 0 Å². The first-order valence-electron chi connectivity index (χ1n) is 5.97. The van der Waals surface area contributed by atoms with Gasteiger partial charge in [-0.1, -0.05) is 6.07 Å². The molecule has 3 heterocycles. The number of nitrogens with one attached hydrogen (secondary N) is 1. The zero-order chi connectivity index (χ0) is 11.5. The van der Waals surface area contributed by atoms with Gasteiger partial charge in [-0.2, -0.15) is 9.78 Å². The van der Waals surface area contributed by atoms with Gasteiger partial charge in [0.1, 0.15) is 12.2 Å². The third kappa shape index (κ3) is 2.06. The van der Waals surface area contributed by atoms with E-state index in [0.29, 0.717) is 5.92 Å². The molecule has 0 radical (unpaired) electrons. The van der Waals surface area contributed by atoms with Crippen LogP contribution in [0.15, 0.2) is 30.7 Å². The Balaban J connectivity index is 1.93. The second-order valence-corrected chi connectivity index (χ2v) is 4.24. The predicted molar refractivity (Wildman–Crippen MR) is 64.0 cm³/mol. The molecule has 1 saturated heterocycles. The van der Waals surface area contributed by atoms with Crippen LogP contribution in [0.5, 0.6) is 0 Å². The average Bonchev–Trinajstić information content (AvgIpc) is 2.90. The fourth-order valence-electron chi connectivity index (χ4n) is 2.26. The maximum atomic E-state index is 4.40. The molecule has 1 N–H and O–H groups in total. The van der Waals surface area contributed by atoms with Crippen LogP contribution < -0.4 is 5.32 Å². The van der Waals surface area contributed by atoms with Crippen LogP contribution in [0.2, 0.25) is 0 Å². The highest BCUT2D eigenvalue weighted by molar-refractivity contribution is 5.22. The molecule has 88 valence electrons. The van der Waals surface area contributed by atoms with Gasteiger partial charge in [0, 0.05) is 12.1 Å². The Hall–Kier alpha value is -1.75. The molecule has 5 heteroatoms. The molecule has 5 nitrogen and oxygen atoms in total. The molecule has 0 spiro atoms. The summed E-state index contributed by atoms with van der Waals surface area (Å²) in [6, 6.07) is 5.83. The molecule has 17 heavy (non-hydrogen) atoms. The minimum atomic E-state index is 0.487. The molecule has 1 aliphatic heterocycles. The Kier molecular flexibility index (Phi) is 2.83. The summed E-state index contributed by atoms with van der Waals surface area (Å²) in [5, 5.41) is 7.65. The van der Waals surface area contributed by atoms with Gasteiger partial charge < -0.3 is 5.32 Å². The van der Waals surface area contributed by atoms with E-state index in [2.05, 4.69) is 20.4 Å². The van der Waals surface area contributed by atoms with E-state index in [1.807, 2.05) is 22.9 Å². The number of pyridine rings is 1. The maximum Gasteiger partial charge on any atom is 0.155 e. The van der Waals surface area contributed by atoms with E-state index in [9.17, 15) is 0 Å². The maximum absolute atomic E-state index is 4.40. The van der Waals surface area contributed by atoms with Crippen molar-refractivity contribution < 1.29 is 0 Å². The van der Waals surface area contributed by atoms with Crippen LogP contribution in [0.25, 0.3) is 5.82 Å². The molecule has 0 bridgehead atoms. The van der Waals surface area contributed by atoms with Crippen LogP contribution in [-0.2, 0) is 0 Å². The number of nitrogens with zero attached hydrogens (tertiary/aromatic N) is 4. The first-order chi connectivity index (χ1) is 8.45. The highest BCUT2D eigenvalue weighted by Gasteiger charge is 2.21. The van der Waals surface area contributed by atoms with E-state index in [1.165, 1.54) is 0 Å². The smallest absolute Gasteiger partial charge is 0.155 e. The van der Waals surface area contributed by atoms with Crippen LogP contribution in [0.4, 0.5) is 0 Å². The van der Waals surface area contributed by atoms with Gasteiger partial charge in [-0.3, -0.25) is 0 Å². The molecule has 3 rings (SSSR count). The zero-order valence-corrected chi connectivity index (χ0v) is 9.58. The highest BCUT2D eigenvalue weighted by Crippen LogP contribution is 2.24. The number of hydrogen-bond donors (Lipinski definition) is 1. The van der Waals surface area contributed by atoms with Gasteiger partial charge in [-0.25, -0.2) is 9.97 Å². The zero-order valence-electron chi connectivity index (χ0n) is 9.58. The van der Waals surface area contributed by atoms with Gasteiger partial charge in [0.2, 0.25) is 0 Å². The summed E-state index contributed by atoms with van der Waals surface area (Å²) in [5.41, 5.74) is 0. The van der Waals surface area contributed by atoms with E-state index in [4.69, 9.17) is 0 Å². The lowest BCUT2D eigenvalue weighted by Crippen LogP contribution is -2.28. The number of hydrogen-bond acceptors (Lipinski definition) is 4. The van der Waals surface area contributed by atoms with Crippen molar-refractivity contribution in [2.24, 2.45) is 0 Å². The summed E-state index contributed by atoms with van der Waals surface area (Å²) in [5.74, 6) is 2.37. The monoisotopic (exact) mass is 229 g/mol. The van der Waals surface area contributed by atoms with Crippen LogP contribution in [0, 0.1) is 0 Å². The number of piperidine rings is 1. The molecule has 0 aromatic carbocycles. The lowest BCUT2D eigenvalue weighted by molar-refractivity contribution is 0.438. The second kappa shape index (κ2) is 4.63. The van der Waals surface area contributed by atoms with E-state index in [-0.39, 0.29) is 0 Å². The molecule has 0 atom stereocenters. The Bertz CT molecular complexity index is 473. The summed E-state index contributed by atoms with van der Waals surface area (Å²) in [4.78, 5) is 8.72. The summed E-state index contributed by atoms with van der Waals surface area (Å²) in [7, 11) is 0. The minimum Gasteiger partial charge on any atom is -0.317 e. The molecule has 0 unspecified atom stereocenters. The van der Waals surface area contributed by atoms with Crippen molar-refractivity contribution in [2.45, 2.75) is 18.8 Å².